The van der Waals surface area contributed by atoms with Gasteiger partial charge in [-0.25, -0.2) is 0 Å². The molecule has 0 radical (unpaired) electrons. The summed E-state index contributed by atoms with van der Waals surface area (Å²) in [6.45, 7) is 0. The van der Waals surface area contributed by atoms with Crippen LogP contribution in [0, 0.1) is 0 Å². The van der Waals surface area contributed by atoms with Crippen molar-refractivity contribution < 1.29 is 4.79 Å². The number of hydrogen-bond donors (Lipinski definition) is 0. The molecule has 1 heterocycles. The van der Waals surface area contributed by atoms with E-state index < -0.39 is 0 Å². The first-order valence-corrected chi connectivity index (χ1v) is 5.27. The summed E-state index contributed by atoms with van der Waals surface area (Å²) in [5, 5.41) is 0. The molecule has 0 aromatic rings. The van der Waals surface area contributed by atoms with Crippen LogP contribution in [0.2, 0.25) is 0 Å². The van der Waals surface area contributed by atoms with E-state index in [1.54, 1.807) is 11.9 Å². The van der Waals surface area contributed by atoms with Crippen molar-refractivity contribution in [3.8, 4) is 0 Å². The van der Waals surface area contributed by atoms with Crippen LogP contribution in [0.15, 0.2) is 0 Å². The number of amides is 1. The first kappa shape index (κ1) is 7.47. The summed E-state index contributed by atoms with van der Waals surface area (Å²) >= 11 is 1.73. The van der Waals surface area contributed by atoms with Crippen molar-refractivity contribution in [2.45, 2.75) is 38.1 Å². The third-order valence-electron chi connectivity index (χ3n) is 2.45. The first-order valence-electron chi connectivity index (χ1n) is 4.33. The van der Waals surface area contributed by atoms with Crippen molar-refractivity contribution in [2.75, 3.05) is 5.75 Å². The normalized spacial score (nSPS) is 26.9. The second-order valence-electron chi connectivity index (χ2n) is 3.24. The van der Waals surface area contributed by atoms with E-state index in [0.717, 1.165) is 12.2 Å². The number of hydrogen-bond acceptors (Lipinski definition) is 2. The van der Waals surface area contributed by atoms with Gasteiger partial charge in [-0.15, -0.1) is 0 Å². The smallest absolute Gasteiger partial charge is 0.233 e. The lowest BCUT2D eigenvalue weighted by Gasteiger charge is -2.21. The molecule has 0 aromatic carbocycles. The fourth-order valence-electron chi connectivity index (χ4n) is 1.86. The second kappa shape index (κ2) is 3.05. The fourth-order valence-corrected chi connectivity index (χ4v) is 2.98. The average Bonchev–Trinajstić information content (AvgIpc) is 2.55. The molecule has 3 heteroatoms. The highest BCUT2D eigenvalue weighted by Gasteiger charge is 2.30. The Morgan fingerprint density at radius 2 is 2.09 bits per heavy atom. The van der Waals surface area contributed by atoms with Crippen molar-refractivity contribution in [2.24, 2.45) is 0 Å². The van der Waals surface area contributed by atoms with Gasteiger partial charge in [0.25, 0.3) is 0 Å². The minimum absolute atomic E-state index is 0.363. The summed E-state index contributed by atoms with van der Waals surface area (Å²) in [4.78, 5) is 11.3. The minimum Gasteiger partial charge on any atom is -0.283 e. The van der Waals surface area contributed by atoms with Gasteiger partial charge in [-0.05, 0) is 24.8 Å². The Morgan fingerprint density at radius 3 is 2.64 bits per heavy atom. The van der Waals surface area contributed by atoms with Crippen molar-refractivity contribution in [3.63, 3.8) is 0 Å². The quantitative estimate of drug-likeness (QED) is 0.561. The highest BCUT2D eigenvalue weighted by atomic mass is 32.2. The number of carbonyl (C=O) groups excluding carboxylic acids is 1. The molecule has 2 nitrogen and oxygen atoms in total. The summed E-state index contributed by atoms with van der Waals surface area (Å²) in [6.07, 6.45) is 5.86. The van der Waals surface area contributed by atoms with Gasteiger partial charge in [0, 0.05) is 18.2 Å². The Morgan fingerprint density at radius 1 is 1.36 bits per heavy atom. The Bertz CT molecular complexity index is 165. The van der Waals surface area contributed by atoms with Gasteiger partial charge in [-0.2, -0.15) is 0 Å². The van der Waals surface area contributed by atoms with E-state index in [-0.39, 0.29) is 0 Å². The second-order valence-corrected chi connectivity index (χ2v) is 4.30. The molecule has 0 bridgehead atoms. The largest absolute Gasteiger partial charge is 0.283 e. The third kappa shape index (κ3) is 1.39. The van der Waals surface area contributed by atoms with Crippen LogP contribution in [0.4, 0.5) is 0 Å². The molecule has 62 valence electrons. The summed E-state index contributed by atoms with van der Waals surface area (Å²) in [7, 11) is 0. The van der Waals surface area contributed by atoms with Gasteiger partial charge in [-0.3, -0.25) is 9.10 Å². The zero-order valence-corrected chi connectivity index (χ0v) is 7.40. The Kier molecular flexibility index (Phi) is 2.07. The molecule has 0 spiro atoms. The van der Waals surface area contributed by atoms with Crippen LogP contribution in [-0.4, -0.2) is 22.0 Å². The van der Waals surface area contributed by atoms with Crippen LogP contribution in [0.3, 0.4) is 0 Å². The van der Waals surface area contributed by atoms with Gasteiger partial charge in [0.15, 0.2) is 0 Å². The Hall–Kier alpha value is -0.180. The zero-order valence-electron chi connectivity index (χ0n) is 6.58. The molecule has 2 aliphatic rings. The van der Waals surface area contributed by atoms with Gasteiger partial charge < -0.3 is 0 Å². The van der Waals surface area contributed by atoms with E-state index >= 15 is 0 Å². The lowest BCUT2D eigenvalue weighted by atomic mass is 10.2. The molecular formula is C8H13NOS. The first-order chi connectivity index (χ1) is 5.38. The maximum Gasteiger partial charge on any atom is 0.233 e. The fraction of sp³-hybridized carbons (Fsp3) is 0.875. The maximum absolute atomic E-state index is 11.3. The van der Waals surface area contributed by atoms with E-state index in [1.165, 1.54) is 25.7 Å². The van der Waals surface area contributed by atoms with E-state index in [4.69, 9.17) is 0 Å². The van der Waals surface area contributed by atoms with Crippen molar-refractivity contribution in [1.29, 1.82) is 0 Å². The molecule has 1 aliphatic heterocycles. The highest BCUT2D eigenvalue weighted by molar-refractivity contribution is 7.98. The summed E-state index contributed by atoms with van der Waals surface area (Å²) < 4.78 is 2.02. The van der Waals surface area contributed by atoms with Crippen molar-refractivity contribution >= 4 is 17.9 Å². The maximum atomic E-state index is 11.3. The lowest BCUT2D eigenvalue weighted by Crippen LogP contribution is -2.28. The molecule has 1 aliphatic carbocycles. The Balaban J connectivity index is 1.97. The molecule has 0 aromatic heterocycles. The predicted molar refractivity (Wildman–Crippen MR) is 46.2 cm³/mol. The zero-order chi connectivity index (χ0) is 7.68. The molecular weight excluding hydrogens is 158 g/mol. The van der Waals surface area contributed by atoms with Crippen molar-refractivity contribution in [3.05, 3.63) is 0 Å². The third-order valence-corrected chi connectivity index (χ3v) is 3.62. The molecule has 2 rings (SSSR count). The molecule has 0 N–H and O–H groups in total. The van der Waals surface area contributed by atoms with Crippen LogP contribution in [-0.2, 0) is 4.79 Å². The molecule has 11 heavy (non-hydrogen) atoms. The topological polar surface area (TPSA) is 20.3 Å². The molecule has 2 fully saturated rings. The minimum atomic E-state index is 0.363. The van der Waals surface area contributed by atoms with Crippen LogP contribution < -0.4 is 0 Å². The Labute approximate surface area is 71.5 Å². The van der Waals surface area contributed by atoms with Gasteiger partial charge >= 0.3 is 0 Å². The van der Waals surface area contributed by atoms with Crippen molar-refractivity contribution in [1.82, 2.24) is 4.31 Å². The van der Waals surface area contributed by atoms with Crippen LogP contribution in [0.25, 0.3) is 0 Å². The van der Waals surface area contributed by atoms with Crippen LogP contribution in [0.1, 0.15) is 32.1 Å². The van der Waals surface area contributed by atoms with E-state index in [0.29, 0.717) is 11.9 Å². The lowest BCUT2D eigenvalue weighted by molar-refractivity contribution is -0.126. The summed E-state index contributed by atoms with van der Waals surface area (Å²) in [5.74, 6) is 1.37. The molecule has 0 unspecified atom stereocenters. The SMILES string of the molecule is O=C1CCSN1C1CCCC1. The van der Waals surface area contributed by atoms with E-state index in [1.807, 2.05) is 4.31 Å². The van der Waals surface area contributed by atoms with Gasteiger partial charge in [0.1, 0.15) is 0 Å². The van der Waals surface area contributed by atoms with Crippen LogP contribution >= 0.6 is 11.9 Å². The van der Waals surface area contributed by atoms with Crippen LogP contribution in [0.5, 0.6) is 0 Å². The summed E-state index contributed by atoms with van der Waals surface area (Å²) in [6, 6.07) is 0.579. The van der Waals surface area contributed by atoms with E-state index in [9.17, 15) is 4.79 Å². The molecule has 1 saturated carbocycles. The van der Waals surface area contributed by atoms with Gasteiger partial charge in [-0.1, -0.05) is 12.8 Å². The van der Waals surface area contributed by atoms with Gasteiger partial charge in [0.05, 0.1) is 0 Å². The molecule has 1 amide bonds. The highest BCUT2D eigenvalue weighted by Crippen LogP contribution is 2.32. The standard InChI is InChI=1S/C8H13NOS/c10-8-5-6-11-9(8)7-3-1-2-4-7/h7H,1-6H2. The van der Waals surface area contributed by atoms with E-state index in [2.05, 4.69) is 0 Å². The molecule has 0 atom stereocenters. The summed E-state index contributed by atoms with van der Waals surface area (Å²) in [5.41, 5.74) is 0. The number of nitrogens with zero attached hydrogens (tertiary/aromatic N) is 1. The number of carbonyl (C=O) groups is 1. The average molecular weight is 171 g/mol. The predicted octanol–water partition coefficient (Wildman–Crippen LogP) is 1.81. The number of rotatable bonds is 1. The monoisotopic (exact) mass is 171 g/mol. The molecule has 1 saturated heterocycles. The van der Waals surface area contributed by atoms with Gasteiger partial charge in [0.2, 0.25) is 5.91 Å².